The second-order valence-electron chi connectivity index (χ2n) is 9.45. The normalized spacial score (nSPS) is 21.2. The van der Waals surface area contributed by atoms with Gasteiger partial charge in [0.15, 0.2) is 0 Å². The van der Waals surface area contributed by atoms with Gasteiger partial charge in [-0.3, -0.25) is 4.90 Å². The number of nitrogens with one attached hydrogen (secondary N) is 1. The number of hydrogen-bond acceptors (Lipinski definition) is 8. The fraction of sp³-hybridized carbons (Fsp3) is 0.462. The smallest absolute Gasteiger partial charge is 0.338 e. The number of hydrogen-bond donors (Lipinski definition) is 3. The lowest BCUT2D eigenvalue weighted by Gasteiger charge is -2.23. The van der Waals surface area contributed by atoms with Crippen molar-refractivity contribution >= 4 is 11.9 Å². The van der Waals surface area contributed by atoms with E-state index in [9.17, 15) is 19.8 Å². The first kappa shape index (κ1) is 23.0. The first-order chi connectivity index (χ1) is 16.3. The van der Waals surface area contributed by atoms with Gasteiger partial charge >= 0.3 is 11.9 Å². The lowest BCUT2D eigenvalue weighted by atomic mass is 9.95. The maximum Gasteiger partial charge on any atom is 0.338 e. The molecule has 3 N–H and O–H groups in total. The molecule has 0 unspecified atom stereocenters. The fourth-order valence-electron chi connectivity index (χ4n) is 5.35. The van der Waals surface area contributed by atoms with Crippen LogP contribution in [0.5, 0.6) is 0 Å². The Bertz CT molecular complexity index is 1150. The minimum absolute atomic E-state index is 0.216. The van der Waals surface area contributed by atoms with Gasteiger partial charge in [-0.1, -0.05) is 12.1 Å². The number of aliphatic hydroxyl groups excluding tert-OH is 2. The highest BCUT2D eigenvalue weighted by atomic mass is 16.5. The Morgan fingerprint density at radius 1 is 0.941 bits per heavy atom. The Morgan fingerprint density at radius 3 is 2.09 bits per heavy atom. The standard InChI is InChI=1S/C26H30N2O6/c1-14-17(3-5-19-21(14)12-33-25(19)31)23(29)9-27-16-7-8-28(10-16)11-24(30)18-4-6-20-22(15(18)2)13-34-26(20)32/h3-6,16,23-24,27,29-30H,7-13H2,1-2H3/t16-,23+,24-/m1/s1. The largest absolute Gasteiger partial charge is 0.457 e. The van der Waals surface area contributed by atoms with Crippen molar-refractivity contribution < 1.29 is 29.3 Å². The van der Waals surface area contributed by atoms with E-state index in [4.69, 9.17) is 9.47 Å². The van der Waals surface area contributed by atoms with Gasteiger partial charge in [-0.25, -0.2) is 9.59 Å². The molecule has 0 saturated carbocycles. The topological polar surface area (TPSA) is 108 Å². The maximum atomic E-state index is 11.8. The van der Waals surface area contributed by atoms with Crippen molar-refractivity contribution in [2.24, 2.45) is 0 Å². The van der Waals surface area contributed by atoms with Gasteiger partial charge in [0.2, 0.25) is 0 Å². The minimum atomic E-state index is -0.681. The van der Waals surface area contributed by atoms with Gasteiger partial charge in [-0.2, -0.15) is 0 Å². The molecule has 0 bridgehead atoms. The van der Waals surface area contributed by atoms with Gasteiger partial charge in [-0.05, 0) is 61.2 Å². The van der Waals surface area contributed by atoms with E-state index < -0.39 is 12.2 Å². The SMILES string of the molecule is Cc1c([C@H](O)CN2CC[C@@H](NC[C@H](O)c3ccc4c(c3C)COC4=O)C2)ccc2c1COC2=O. The fourth-order valence-corrected chi connectivity index (χ4v) is 5.35. The number of carbonyl (C=O) groups is 2. The van der Waals surface area contributed by atoms with E-state index in [-0.39, 0.29) is 31.2 Å². The van der Waals surface area contributed by atoms with E-state index >= 15 is 0 Å². The molecule has 3 aliphatic heterocycles. The lowest BCUT2D eigenvalue weighted by Crippen LogP contribution is -2.36. The summed E-state index contributed by atoms with van der Waals surface area (Å²) in [5.74, 6) is -0.603. The third-order valence-corrected chi connectivity index (χ3v) is 7.44. The molecule has 3 atom stereocenters. The summed E-state index contributed by atoms with van der Waals surface area (Å²) < 4.78 is 10.2. The molecule has 2 aromatic rings. The number of fused-ring (bicyclic) bond motifs is 2. The molecule has 1 saturated heterocycles. The van der Waals surface area contributed by atoms with Crippen molar-refractivity contribution in [3.05, 3.63) is 68.8 Å². The zero-order chi connectivity index (χ0) is 24.0. The molecule has 0 spiro atoms. The van der Waals surface area contributed by atoms with Crippen molar-refractivity contribution in [3.63, 3.8) is 0 Å². The predicted molar refractivity (Wildman–Crippen MR) is 123 cm³/mol. The molecule has 8 heteroatoms. The molecule has 0 radical (unpaired) electrons. The Morgan fingerprint density at radius 2 is 1.50 bits per heavy atom. The summed E-state index contributed by atoms with van der Waals surface area (Å²) in [7, 11) is 0. The molecule has 180 valence electrons. The van der Waals surface area contributed by atoms with Gasteiger partial charge in [0, 0.05) is 36.8 Å². The third kappa shape index (κ3) is 4.11. The molecule has 8 nitrogen and oxygen atoms in total. The van der Waals surface area contributed by atoms with Crippen LogP contribution in [0.2, 0.25) is 0 Å². The molecule has 0 aliphatic carbocycles. The van der Waals surface area contributed by atoms with Gasteiger partial charge in [0.05, 0.1) is 23.3 Å². The highest BCUT2D eigenvalue weighted by Crippen LogP contribution is 2.31. The van der Waals surface area contributed by atoms with Crippen LogP contribution in [-0.2, 0) is 22.7 Å². The zero-order valence-corrected chi connectivity index (χ0v) is 19.5. The van der Waals surface area contributed by atoms with Crippen molar-refractivity contribution in [1.82, 2.24) is 10.2 Å². The monoisotopic (exact) mass is 466 g/mol. The van der Waals surface area contributed by atoms with Crippen molar-refractivity contribution in [2.75, 3.05) is 26.2 Å². The third-order valence-electron chi connectivity index (χ3n) is 7.44. The Balaban J connectivity index is 1.15. The van der Waals surface area contributed by atoms with Crippen LogP contribution in [0.4, 0.5) is 0 Å². The summed E-state index contributed by atoms with van der Waals surface area (Å²) in [6.07, 6.45) is -0.403. The summed E-state index contributed by atoms with van der Waals surface area (Å²) in [4.78, 5) is 25.7. The molecule has 34 heavy (non-hydrogen) atoms. The Hall–Kier alpha value is -2.78. The lowest BCUT2D eigenvalue weighted by molar-refractivity contribution is 0.0525. The van der Waals surface area contributed by atoms with Crippen LogP contribution in [-0.4, -0.2) is 59.3 Å². The Labute approximate surface area is 198 Å². The van der Waals surface area contributed by atoms with E-state index in [1.165, 1.54) is 0 Å². The summed E-state index contributed by atoms with van der Waals surface area (Å²) >= 11 is 0. The van der Waals surface area contributed by atoms with Crippen LogP contribution in [0.3, 0.4) is 0 Å². The number of rotatable bonds is 7. The van der Waals surface area contributed by atoms with Gasteiger partial charge in [-0.15, -0.1) is 0 Å². The number of esters is 2. The number of ether oxygens (including phenoxy) is 2. The van der Waals surface area contributed by atoms with Crippen LogP contribution in [0, 0.1) is 13.8 Å². The first-order valence-corrected chi connectivity index (χ1v) is 11.7. The van der Waals surface area contributed by atoms with Gasteiger partial charge in [0.25, 0.3) is 0 Å². The van der Waals surface area contributed by atoms with Crippen molar-refractivity contribution in [3.8, 4) is 0 Å². The molecule has 2 aromatic carbocycles. The zero-order valence-electron chi connectivity index (χ0n) is 19.5. The van der Waals surface area contributed by atoms with Crippen LogP contribution < -0.4 is 5.32 Å². The summed E-state index contributed by atoms with van der Waals surface area (Å²) in [6, 6.07) is 7.33. The number of aliphatic hydroxyl groups is 2. The predicted octanol–water partition coefficient (Wildman–Crippen LogP) is 2.08. The molecule has 3 heterocycles. The summed E-state index contributed by atoms with van der Waals surface area (Å²) in [5, 5.41) is 25.1. The second kappa shape index (κ2) is 9.11. The number of cyclic esters (lactones) is 2. The quantitative estimate of drug-likeness (QED) is 0.533. The van der Waals surface area contributed by atoms with Crippen molar-refractivity contribution in [2.45, 2.75) is 51.7 Å². The second-order valence-corrected chi connectivity index (χ2v) is 9.45. The first-order valence-electron chi connectivity index (χ1n) is 11.7. The highest BCUT2D eigenvalue weighted by Gasteiger charge is 2.29. The number of benzene rings is 2. The van der Waals surface area contributed by atoms with E-state index in [2.05, 4.69) is 10.2 Å². The molecule has 3 aliphatic rings. The molecule has 0 aromatic heterocycles. The number of β-amino-alcohol motifs (C(OH)–C–C–N with tert-alkyl or cyclic N) is 1. The Kier molecular flexibility index (Phi) is 6.16. The van der Waals surface area contributed by atoms with Crippen molar-refractivity contribution in [1.29, 1.82) is 0 Å². The number of likely N-dealkylation sites (tertiary alicyclic amines) is 1. The van der Waals surface area contributed by atoms with E-state index in [1.807, 2.05) is 26.0 Å². The van der Waals surface area contributed by atoms with E-state index in [0.29, 0.717) is 24.2 Å². The van der Waals surface area contributed by atoms with Gasteiger partial charge in [0.1, 0.15) is 13.2 Å². The van der Waals surface area contributed by atoms with Crippen LogP contribution in [0.15, 0.2) is 24.3 Å². The maximum absolute atomic E-state index is 11.8. The average molecular weight is 467 g/mol. The van der Waals surface area contributed by atoms with Crippen LogP contribution >= 0.6 is 0 Å². The highest BCUT2D eigenvalue weighted by molar-refractivity contribution is 5.94. The number of nitrogens with zero attached hydrogens (tertiary/aromatic N) is 1. The van der Waals surface area contributed by atoms with Crippen LogP contribution in [0.25, 0.3) is 0 Å². The molecule has 5 rings (SSSR count). The minimum Gasteiger partial charge on any atom is -0.457 e. The average Bonchev–Trinajstić information content (AvgIpc) is 3.53. The van der Waals surface area contributed by atoms with Crippen LogP contribution in [0.1, 0.15) is 72.7 Å². The number of carbonyl (C=O) groups excluding carboxylic acids is 2. The molecular formula is C26H30N2O6. The van der Waals surface area contributed by atoms with E-state index in [1.54, 1.807) is 12.1 Å². The molecule has 0 amide bonds. The molecular weight excluding hydrogens is 436 g/mol. The summed E-state index contributed by atoms with van der Waals surface area (Å²) in [6.45, 7) is 6.93. The van der Waals surface area contributed by atoms with Gasteiger partial charge < -0.3 is 25.0 Å². The summed E-state index contributed by atoms with van der Waals surface area (Å²) in [5.41, 5.74) is 6.38. The molecule has 1 fully saturated rings. The van der Waals surface area contributed by atoms with E-state index in [0.717, 1.165) is 52.9 Å².